The Bertz CT molecular complexity index is 336. The molecule has 3 atom stereocenters. The topological polar surface area (TPSA) is 86.5 Å². The average molecular weight is 252 g/mol. The summed E-state index contributed by atoms with van der Waals surface area (Å²) in [6.45, 7) is 3.62. The maximum Gasteiger partial charge on any atom is 1.00 e. The first-order valence-corrected chi connectivity index (χ1v) is 5.17. The second-order valence-corrected chi connectivity index (χ2v) is 4.46. The van der Waals surface area contributed by atoms with Gasteiger partial charge in [-0.15, -0.1) is 11.8 Å². The molecule has 2 unspecified atom stereocenters. The van der Waals surface area contributed by atoms with E-state index in [1.807, 2.05) is 0 Å². The number of thioether (sulfide) groups is 1. The van der Waals surface area contributed by atoms with Crippen LogP contribution >= 0.6 is 11.8 Å². The molecule has 0 spiro atoms. The maximum absolute atomic E-state index is 11.3. The molecule has 0 aliphatic carbocycles. The van der Waals surface area contributed by atoms with Crippen LogP contribution in [0, 0.1) is 0 Å². The summed E-state index contributed by atoms with van der Waals surface area (Å²) in [7, 11) is 0. The fourth-order valence-corrected chi connectivity index (χ4v) is 2.97. The van der Waals surface area contributed by atoms with E-state index in [1.165, 1.54) is 16.7 Å². The molecule has 2 aliphatic rings. The number of nitrogens with two attached hydrogens (primary N) is 1. The Morgan fingerprint density at radius 3 is 2.80 bits per heavy atom. The Morgan fingerprint density at radius 1 is 1.67 bits per heavy atom. The number of aliphatic carboxylic acids is 1. The number of carboxylic acids is 1. The minimum atomic E-state index is -1.28. The molecule has 2 aliphatic heterocycles. The van der Waals surface area contributed by atoms with E-state index in [0.29, 0.717) is 11.3 Å². The summed E-state index contributed by atoms with van der Waals surface area (Å²) in [5.74, 6) is -1.10. The fourth-order valence-electron chi connectivity index (χ4n) is 1.72. The summed E-state index contributed by atoms with van der Waals surface area (Å²) in [5.41, 5.74) is 6.02. The Labute approximate surface area is 134 Å². The maximum atomic E-state index is 11.3. The van der Waals surface area contributed by atoms with Gasteiger partial charge >= 0.3 is 51.4 Å². The van der Waals surface area contributed by atoms with Crippen LogP contribution < -0.4 is 62.2 Å². The number of nitrogens with zero attached hydrogens (tertiary/aromatic N) is 1. The van der Waals surface area contributed by atoms with Gasteiger partial charge in [-0.05, 0) is 5.57 Å². The summed E-state index contributed by atoms with van der Waals surface area (Å²) in [4.78, 5) is 23.3. The van der Waals surface area contributed by atoms with Crippen molar-refractivity contribution in [2.24, 2.45) is 5.73 Å². The number of carboxylic acid groups (broad SMARTS) is 1. The summed E-state index contributed by atoms with van der Waals surface area (Å²) >= 11 is 1.44. The van der Waals surface area contributed by atoms with Gasteiger partial charge in [0.2, 0.25) is 5.91 Å². The second-order valence-electron chi connectivity index (χ2n) is 3.35. The van der Waals surface area contributed by atoms with Crippen LogP contribution in [-0.2, 0) is 9.59 Å². The first-order valence-electron chi connectivity index (χ1n) is 4.12. The number of rotatable bonds is 1. The number of carbonyl (C=O) groups is 2. The number of hydrogen-bond donors (Lipinski definition) is 1. The molecular weight excluding hydrogens is 243 g/mol. The van der Waals surface area contributed by atoms with E-state index in [-0.39, 0.29) is 62.7 Å². The minimum Gasteiger partial charge on any atom is -0.548 e. The number of hydrogen-bond acceptors (Lipinski definition) is 5. The van der Waals surface area contributed by atoms with E-state index in [1.54, 1.807) is 0 Å². The van der Waals surface area contributed by atoms with E-state index >= 15 is 0 Å². The predicted octanol–water partition coefficient (Wildman–Crippen LogP) is -5.09. The van der Waals surface area contributed by atoms with Crippen LogP contribution in [0.2, 0.25) is 0 Å². The third-order valence-electron chi connectivity index (χ3n) is 2.45. The van der Waals surface area contributed by atoms with E-state index in [4.69, 9.17) is 5.73 Å². The Kier molecular flexibility index (Phi) is 4.44. The zero-order valence-corrected chi connectivity index (χ0v) is 12.2. The molecule has 76 valence electrons. The van der Waals surface area contributed by atoms with Crippen molar-refractivity contribution in [2.45, 2.75) is 17.5 Å². The second kappa shape index (κ2) is 4.87. The quantitative estimate of drug-likeness (QED) is 0.287. The molecule has 0 aromatic rings. The van der Waals surface area contributed by atoms with Gasteiger partial charge in [0.1, 0.15) is 11.4 Å². The summed E-state index contributed by atoms with van der Waals surface area (Å²) in [6, 6.07) is -1.57. The molecule has 2 saturated heterocycles. The molecule has 2 N–H and O–H groups in total. The van der Waals surface area contributed by atoms with E-state index in [2.05, 4.69) is 6.58 Å². The van der Waals surface area contributed by atoms with Crippen molar-refractivity contribution in [3.63, 3.8) is 0 Å². The molecule has 0 aromatic carbocycles. The van der Waals surface area contributed by atoms with Crippen LogP contribution in [0.5, 0.6) is 0 Å². The van der Waals surface area contributed by atoms with Gasteiger partial charge < -0.3 is 20.5 Å². The van der Waals surface area contributed by atoms with Crippen LogP contribution in [-0.4, -0.2) is 40.0 Å². The normalized spacial score (nSPS) is 33.9. The number of carbonyl (C=O) groups excluding carboxylic acids is 2. The number of fused-ring (bicyclic) bond motifs is 1. The molecule has 0 aromatic heterocycles. The standard InChI is InChI=1S/C8H10N2O3S.K/c1-3-2-14-7-4(9)6(11)10(7)5(3)8(12)13;/h4-5,7H,1-2,9H2,(H,12,13);/q;+1/p-1/t4?,5?,7-;/m1./s1. The van der Waals surface area contributed by atoms with E-state index < -0.39 is 18.1 Å². The van der Waals surface area contributed by atoms with Crippen molar-refractivity contribution in [1.29, 1.82) is 0 Å². The monoisotopic (exact) mass is 252 g/mol. The average Bonchev–Trinajstić information content (AvgIpc) is 2.15. The zero-order chi connectivity index (χ0) is 10.5. The van der Waals surface area contributed by atoms with Crippen molar-refractivity contribution in [3.05, 3.63) is 12.2 Å². The van der Waals surface area contributed by atoms with Crippen molar-refractivity contribution >= 4 is 23.6 Å². The van der Waals surface area contributed by atoms with Crippen LogP contribution in [0.1, 0.15) is 0 Å². The first-order chi connectivity index (χ1) is 6.54. The van der Waals surface area contributed by atoms with Crippen molar-refractivity contribution in [3.8, 4) is 0 Å². The Morgan fingerprint density at radius 2 is 2.27 bits per heavy atom. The molecule has 0 radical (unpaired) electrons. The summed E-state index contributed by atoms with van der Waals surface area (Å²) in [6.07, 6.45) is 0. The van der Waals surface area contributed by atoms with E-state index in [9.17, 15) is 14.7 Å². The van der Waals surface area contributed by atoms with Gasteiger partial charge in [-0.2, -0.15) is 0 Å². The van der Waals surface area contributed by atoms with Gasteiger partial charge in [-0.3, -0.25) is 4.79 Å². The Balaban J connectivity index is 0.00000112. The molecule has 15 heavy (non-hydrogen) atoms. The predicted molar refractivity (Wildman–Crippen MR) is 49.0 cm³/mol. The van der Waals surface area contributed by atoms with Crippen LogP contribution in [0.15, 0.2) is 12.2 Å². The van der Waals surface area contributed by atoms with Crippen molar-refractivity contribution in [2.75, 3.05) is 5.75 Å². The van der Waals surface area contributed by atoms with Crippen LogP contribution in [0.25, 0.3) is 0 Å². The molecule has 1 amide bonds. The Hall–Kier alpha value is 0.626. The summed E-state index contributed by atoms with van der Waals surface area (Å²) < 4.78 is 0. The summed E-state index contributed by atoms with van der Waals surface area (Å²) in [5, 5.41) is 10.6. The minimum absolute atomic E-state index is 0. The molecule has 0 saturated carbocycles. The van der Waals surface area contributed by atoms with Gasteiger partial charge in [0.25, 0.3) is 0 Å². The van der Waals surface area contributed by atoms with Crippen LogP contribution in [0.4, 0.5) is 0 Å². The molecule has 0 bridgehead atoms. The molecule has 7 heteroatoms. The third kappa shape index (κ3) is 2.06. The van der Waals surface area contributed by atoms with Crippen molar-refractivity contribution < 1.29 is 66.1 Å². The van der Waals surface area contributed by atoms with Gasteiger partial charge in [-0.25, -0.2) is 0 Å². The van der Waals surface area contributed by atoms with Crippen LogP contribution in [0.3, 0.4) is 0 Å². The third-order valence-corrected chi connectivity index (χ3v) is 3.85. The molecular formula is C8H9KN2O3S. The fraction of sp³-hybridized carbons (Fsp3) is 0.500. The largest absolute Gasteiger partial charge is 1.00 e. The van der Waals surface area contributed by atoms with Gasteiger partial charge in [0.15, 0.2) is 0 Å². The van der Waals surface area contributed by atoms with Gasteiger partial charge in [-0.1, -0.05) is 6.58 Å². The molecule has 2 rings (SSSR count). The molecule has 5 nitrogen and oxygen atoms in total. The van der Waals surface area contributed by atoms with Gasteiger partial charge in [0.05, 0.1) is 12.0 Å². The smallest absolute Gasteiger partial charge is 0.548 e. The molecule has 2 fully saturated rings. The number of β-lactam (4-membered cyclic amide) rings is 1. The SMILES string of the molecule is C=C1CS[C@@H]2C(N)C(=O)N2C1C(=O)[O-].[K+]. The zero-order valence-electron chi connectivity index (χ0n) is 8.30. The van der Waals surface area contributed by atoms with E-state index in [0.717, 1.165) is 0 Å². The molecule has 2 heterocycles. The number of amides is 1. The van der Waals surface area contributed by atoms with Crippen molar-refractivity contribution in [1.82, 2.24) is 4.90 Å². The van der Waals surface area contributed by atoms with Gasteiger partial charge in [0, 0.05) is 5.75 Å². The first kappa shape index (κ1) is 13.7.